The van der Waals surface area contributed by atoms with Gasteiger partial charge in [-0.3, -0.25) is 4.31 Å². The Kier molecular flexibility index (Phi) is 8.29. The quantitative estimate of drug-likeness (QED) is 0.226. The van der Waals surface area contributed by atoms with Crippen molar-refractivity contribution in [3.63, 3.8) is 0 Å². The molecule has 2 aromatic heterocycles. The number of aryl methyl sites for hydroxylation is 1. The lowest BCUT2D eigenvalue weighted by atomic mass is 9.87. The average Bonchev–Trinajstić information content (AvgIpc) is 3.18. The van der Waals surface area contributed by atoms with E-state index in [1.165, 1.54) is 18.5 Å². The van der Waals surface area contributed by atoms with Crippen LogP contribution in [0.25, 0.3) is 21.8 Å². The Balaban J connectivity index is 1.85. The highest BCUT2D eigenvalue weighted by atomic mass is 32.2. The number of fused-ring (bicyclic) bond motifs is 3. The van der Waals surface area contributed by atoms with Gasteiger partial charge in [0.2, 0.25) is 11.8 Å². The van der Waals surface area contributed by atoms with Crippen molar-refractivity contribution in [2.45, 2.75) is 51.3 Å². The highest BCUT2D eigenvalue weighted by Crippen LogP contribution is 2.36. The third-order valence-corrected chi connectivity index (χ3v) is 9.64. The summed E-state index contributed by atoms with van der Waals surface area (Å²) in [4.78, 5) is 4.58. The van der Waals surface area contributed by atoms with Crippen molar-refractivity contribution in [1.29, 1.82) is 0 Å². The van der Waals surface area contributed by atoms with Crippen molar-refractivity contribution in [1.82, 2.24) is 9.55 Å². The molecule has 4 aromatic rings. The van der Waals surface area contributed by atoms with Crippen molar-refractivity contribution >= 4 is 46.6 Å². The van der Waals surface area contributed by atoms with Gasteiger partial charge in [-0.05, 0) is 55.3 Å². The van der Waals surface area contributed by atoms with Crippen molar-refractivity contribution in [3.8, 4) is 11.8 Å². The number of para-hydroxylation sites is 1. The number of sulfonamides is 1. The first kappa shape index (κ1) is 28.9. The average molecular weight is 570 g/mol. The van der Waals surface area contributed by atoms with Crippen LogP contribution in [0.3, 0.4) is 0 Å². The molecule has 39 heavy (non-hydrogen) atoms. The lowest BCUT2D eigenvalue weighted by molar-refractivity contribution is 0.0809. The van der Waals surface area contributed by atoms with Crippen LogP contribution >= 0.6 is 0 Å². The van der Waals surface area contributed by atoms with Crippen LogP contribution in [0.2, 0.25) is 13.1 Å². The zero-order chi connectivity index (χ0) is 28.5. The van der Waals surface area contributed by atoms with Gasteiger partial charge >= 0.3 is 0 Å². The maximum Gasteiger partial charge on any atom is 0.264 e. The summed E-state index contributed by atoms with van der Waals surface area (Å²) in [5.41, 5.74) is 2.21. The lowest BCUT2D eigenvalue weighted by Crippen LogP contribution is -2.39. The number of rotatable bonds is 10. The summed E-state index contributed by atoms with van der Waals surface area (Å²) < 4.78 is 49.5. The van der Waals surface area contributed by atoms with Crippen LogP contribution < -0.4 is 13.8 Å². The number of hydrogen-bond acceptors (Lipinski definition) is 6. The third kappa shape index (κ3) is 5.78. The number of nitrogens with zero attached hydrogens (tertiary/aromatic N) is 3. The summed E-state index contributed by atoms with van der Waals surface area (Å²) in [5, 5.41) is 1.89. The first-order chi connectivity index (χ1) is 18.4. The Labute approximate surface area is 233 Å². The molecule has 0 spiro atoms. The van der Waals surface area contributed by atoms with E-state index < -0.39 is 19.1 Å². The minimum absolute atomic E-state index is 0.111. The van der Waals surface area contributed by atoms with Gasteiger partial charge in [0, 0.05) is 41.5 Å². The molecule has 1 atom stereocenters. The number of methoxy groups -OCH3 is 2. The van der Waals surface area contributed by atoms with E-state index in [-0.39, 0.29) is 28.8 Å². The van der Waals surface area contributed by atoms with Crippen molar-refractivity contribution in [3.05, 3.63) is 54.6 Å². The molecule has 10 heteroatoms. The molecule has 0 saturated carbocycles. The molecule has 0 aliphatic carbocycles. The van der Waals surface area contributed by atoms with Crippen molar-refractivity contribution in [2.75, 3.05) is 25.1 Å². The smallest absolute Gasteiger partial charge is 0.264 e. The van der Waals surface area contributed by atoms with E-state index in [4.69, 9.17) is 13.9 Å². The van der Waals surface area contributed by atoms with Gasteiger partial charge in [-0.15, -0.1) is 0 Å². The molecule has 0 N–H and O–H groups in total. The number of pyridine rings is 1. The van der Waals surface area contributed by atoms with Gasteiger partial charge in [-0.1, -0.05) is 39.0 Å². The predicted octanol–water partition coefficient (Wildman–Crippen LogP) is 5.74. The molecule has 0 aliphatic rings. The highest BCUT2D eigenvalue weighted by Gasteiger charge is 2.33. The van der Waals surface area contributed by atoms with E-state index in [0.717, 1.165) is 21.8 Å². The van der Waals surface area contributed by atoms with Crippen LogP contribution in [0.5, 0.6) is 11.8 Å². The van der Waals surface area contributed by atoms with Gasteiger partial charge in [0.25, 0.3) is 10.0 Å². The largest absolute Gasteiger partial charge is 0.481 e. The highest BCUT2D eigenvalue weighted by molar-refractivity contribution is 7.92. The van der Waals surface area contributed by atoms with Gasteiger partial charge in [0.1, 0.15) is 5.69 Å². The Hall–Kier alpha value is -3.08. The molecule has 0 fully saturated rings. The maximum atomic E-state index is 14.4. The predicted molar refractivity (Wildman–Crippen MR) is 160 cm³/mol. The Morgan fingerprint density at radius 3 is 2.31 bits per heavy atom. The first-order valence-electron chi connectivity index (χ1n) is 13.1. The molecular formula is C29H39N3O5SSi. The standard InChI is InChI=1S/C29H39N3O5SSi/c1-29(2,3)26(37-39(7)8)17-18-32(25-15-16-27(35-5)30-28(25)36-6)38(33,34)20-13-14-24-22(19-20)21-11-9-10-12-23(21)31(24)4/h9-16,19,26,39H,17-18H2,1-8H3. The van der Waals surface area contributed by atoms with Crippen LogP contribution in [0.4, 0.5) is 5.69 Å². The molecule has 4 rings (SSSR count). The summed E-state index contributed by atoms with van der Waals surface area (Å²) in [6.07, 6.45) is 0.402. The van der Waals surface area contributed by atoms with Gasteiger partial charge < -0.3 is 18.5 Å². The van der Waals surface area contributed by atoms with E-state index in [1.807, 2.05) is 37.4 Å². The molecule has 1 unspecified atom stereocenters. The Morgan fingerprint density at radius 1 is 0.974 bits per heavy atom. The fourth-order valence-electron chi connectivity index (χ4n) is 4.94. The van der Waals surface area contributed by atoms with E-state index in [2.05, 4.69) is 43.4 Å². The molecule has 2 aromatic carbocycles. The van der Waals surface area contributed by atoms with Crippen LogP contribution in [0.15, 0.2) is 59.5 Å². The second-order valence-corrected chi connectivity index (χ2v) is 15.3. The van der Waals surface area contributed by atoms with E-state index >= 15 is 0 Å². The minimum atomic E-state index is -4.01. The SMILES string of the molecule is COc1ccc(N(CCC(O[SiH](C)C)C(C)(C)C)S(=O)(=O)c2ccc3c(c2)c2ccccc2n3C)c(OC)n1. The number of hydrogen-bond donors (Lipinski definition) is 0. The molecular weight excluding hydrogens is 530 g/mol. The van der Waals surface area contributed by atoms with Gasteiger partial charge in [0.05, 0.1) is 25.2 Å². The normalized spacial score (nSPS) is 13.3. The second kappa shape index (κ2) is 11.2. The van der Waals surface area contributed by atoms with Crippen molar-refractivity contribution in [2.24, 2.45) is 12.5 Å². The van der Waals surface area contributed by atoms with E-state index in [9.17, 15) is 8.42 Å². The topological polar surface area (TPSA) is 82.9 Å². The molecule has 2 heterocycles. The summed E-state index contributed by atoms with van der Waals surface area (Å²) in [5.74, 6) is 0.516. The number of ether oxygens (including phenoxy) is 2. The monoisotopic (exact) mass is 569 g/mol. The molecule has 0 saturated heterocycles. The van der Waals surface area contributed by atoms with Crippen molar-refractivity contribution < 1.29 is 22.3 Å². The lowest BCUT2D eigenvalue weighted by Gasteiger charge is -2.35. The first-order valence-corrected chi connectivity index (χ1v) is 17.3. The second-order valence-electron chi connectivity index (χ2n) is 11.0. The van der Waals surface area contributed by atoms with Crippen LogP contribution in [0, 0.1) is 5.41 Å². The van der Waals surface area contributed by atoms with Gasteiger partial charge in [-0.25, -0.2) is 8.42 Å². The fraction of sp³-hybridized carbons (Fsp3) is 0.414. The maximum absolute atomic E-state index is 14.4. The minimum Gasteiger partial charge on any atom is -0.481 e. The molecule has 8 nitrogen and oxygen atoms in total. The van der Waals surface area contributed by atoms with Crippen LogP contribution in [-0.4, -0.2) is 53.9 Å². The van der Waals surface area contributed by atoms with Gasteiger partial charge in [0.15, 0.2) is 9.04 Å². The zero-order valence-electron chi connectivity index (χ0n) is 24.1. The molecule has 0 bridgehead atoms. The molecule has 0 amide bonds. The molecule has 0 aliphatic heterocycles. The molecule has 210 valence electrons. The Morgan fingerprint density at radius 2 is 1.67 bits per heavy atom. The summed E-state index contributed by atoms with van der Waals surface area (Å²) >= 11 is 0. The molecule has 0 radical (unpaired) electrons. The Bertz CT molecular complexity index is 1580. The summed E-state index contributed by atoms with van der Waals surface area (Å²) in [7, 11) is -0.399. The third-order valence-electron chi connectivity index (χ3n) is 6.96. The number of anilines is 1. The fourth-order valence-corrected chi connectivity index (χ4v) is 7.65. The summed E-state index contributed by atoms with van der Waals surface area (Å²) in [6.45, 7) is 10.8. The summed E-state index contributed by atoms with van der Waals surface area (Å²) in [6, 6.07) is 16.6. The van der Waals surface area contributed by atoms with Crippen LogP contribution in [-0.2, 0) is 21.5 Å². The van der Waals surface area contributed by atoms with Crippen LogP contribution in [0.1, 0.15) is 27.2 Å². The number of aromatic nitrogens is 2. The number of benzene rings is 2. The van der Waals surface area contributed by atoms with E-state index in [0.29, 0.717) is 18.0 Å². The van der Waals surface area contributed by atoms with E-state index in [1.54, 1.807) is 24.3 Å². The zero-order valence-corrected chi connectivity index (χ0v) is 26.0. The van der Waals surface area contributed by atoms with Gasteiger partial charge in [-0.2, -0.15) is 4.98 Å².